The van der Waals surface area contributed by atoms with Crippen LogP contribution in [0.2, 0.25) is 0 Å². The van der Waals surface area contributed by atoms with Gasteiger partial charge in [-0.15, -0.1) is 0 Å². The molecule has 2 aromatic carbocycles. The van der Waals surface area contributed by atoms with Crippen molar-refractivity contribution in [3.63, 3.8) is 0 Å². The first-order chi connectivity index (χ1) is 13.2. The molecule has 4 heteroatoms. The molecule has 0 aromatic heterocycles. The topological polar surface area (TPSA) is 47.3 Å². The summed E-state index contributed by atoms with van der Waals surface area (Å²) >= 11 is 0. The van der Waals surface area contributed by atoms with Gasteiger partial charge in [0.2, 0.25) is 5.91 Å². The average molecular weight is 361 g/mol. The maximum atomic E-state index is 13.1. The molecule has 0 N–H and O–H groups in total. The van der Waals surface area contributed by atoms with Crippen LogP contribution in [0, 0.1) is 17.4 Å². The van der Waals surface area contributed by atoms with Gasteiger partial charge in [0.25, 0.3) is 0 Å². The predicted molar refractivity (Wildman–Crippen MR) is 107 cm³/mol. The van der Waals surface area contributed by atoms with E-state index in [0.29, 0.717) is 12.3 Å². The van der Waals surface area contributed by atoms with Crippen molar-refractivity contribution in [3.05, 3.63) is 71.8 Å². The van der Waals surface area contributed by atoms with Crippen LogP contribution in [0.3, 0.4) is 0 Å². The standard InChI is InChI=1S/C23H27N3O/c1-25(18-24)22(17-20-10-6-3-7-11-20)23(27)26-14-12-21(13-15-26)16-19-8-4-2-5-9-19/h2-11,21-22H,12-17H2,1H3. The van der Waals surface area contributed by atoms with Gasteiger partial charge in [0.05, 0.1) is 0 Å². The Labute approximate surface area is 162 Å². The molecule has 1 fully saturated rings. The number of likely N-dealkylation sites (N-methyl/N-ethyl adjacent to an activating group) is 1. The van der Waals surface area contributed by atoms with Gasteiger partial charge < -0.3 is 9.80 Å². The Morgan fingerprint density at radius 1 is 1.07 bits per heavy atom. The number of carbonyl (C=O) groups excluding carboxylic acids is 1. The fraction of sp³-hybridized carbons (Fsp3) is 0.391. The minimum atomic E-state index is -0.428. The van der Waals surface area contributed by atoms with Gasteiger partial charge in [-0.05, 0) is 36.3 Å². The molecule has 1 atom stereocenters. The van der Waals surface area contributed by atoms with Crippen LogP contribution in [0.25, 0.3) is 0 Å². The summed E-state index contributed by atoms with van der Waals surface area (Å²) in [4.78, 5) is 16.5. The van der Waals surface area contributed by atoms with E-state index in [4.69, 9.17) is 0 Å². The molecule has 27 heavy (non-hydrogen) atoms. The summed E-state index contributed by atoms with van der Waals surface area (Å²) in [5, 5.41) is 9.34. The molecule has 1 unspecified atom stereocenters. The lowest BCUT2D eigenvalue weighted by atomic mass is 9.89. The van der Waals surface area contributed by atoms with E-state index in [1.165, 1.54) is 10.5 Å². The zero-order chi connectivity index (χ0) is 19.1. The van der Waals surface area contributed by atoms with Crippen LogP contribution < -0.4 is 0 Å². The third-order valence-corrected chi connectivity index (χ3v) is 5.48. The lowest BCUT2D eigenvalue weighted by Gasteiger charge is -2.35. The number of likely N-dealkylation sites (tertiary alicyclic amines) is 1. The lowest BCUT2D eigenvalue weighted by molar-refractivity contribution is -0.136. The van der Waals surface area contributed by atoms with Crippen molar-refractivity contribution in [1.29, 1.82) is 5.26 Å². The first-order valence-electron chi connectivity index (χ1n) is 9.66. The van der Waals surface area contributed by atoms with Gasteiger partial charge in [0.1, 0.15) is 6.04 Å². The Morgan fingerprint density at radius 2 is 1.63 bits per heavy atom. The maximum Gasteiger partial charge on any atom is 0.246 e. The molecular formula is C23H27N3O. The van der Waals surface area contributed by atoms with Gasteiger partial charge in [0.15, 0.2) is 6.19 Å². The first kappa shape index (κ1) is 19.0. The van der Waals surface area contributed by atoms with Crippen molar-refractivity contribution in [3.8, 4) is 6.19 Å². The fourth-order valence-electron chi connectivity index (χ4n) is 3.81. The molecule has 1 amide bonds. The molecule has 1 aliphatic heterocycles. The summed E-state index contributed by atoms with van der Waals surface area (Å²) in [6, 6.07) is 20.1. The molecule has 2 aromatic rings. The summed E-state index contributed by atoms with van der Waals surface area (Å²) in [7, 11) is 1.70. The van der Waals surface area contributed by atoms with Gasteiger partial charge in [0, 0.05) is 26.6 Å². The minimum Gasteiger partial charge on any atom is -0.341 e. The quantitative estimate of drug-likeness (QED) is 0.584. The third kappa shape index (κ3) is 5.10. The second-order valence-corrected chi connectivity index (χ2v) is 7.37. The zero-order valence-corrected chi connectivity index (χ0v) is 15.9. The maximum absolute atomic E-state index is 13.1. The van der Waals surface area contributed by atoms with E-state index in [9.17, 15) is 10.1 Å². The molecule has 0 spiro atoms. The predicted octanol–water partition coefficient (Wildman–Crippen LogP) is 3.49. The SMILES string of the molecule is CN(C#N)C(Cc1ccccc1)C(=O)N1CCC(Cc2ccccc2)CC1. The molecular weight excluding hydrogens is 334 g/mol. The number of carbonyl (C=O) groups is 1. The molecule has 0 saturated carbocycles. The highest BCUT2D eigenvalue weighted by atomic mass is 16.2. The van der Waals surface area contributed by atoms with Gasteiger partial charge in [-0.25, -0.2) is 0 Å². The van der Waals surface area contributed by atoms with Crippen molar-refractivity contribution in [2.24, 2.45) is 5.92 Å². The molecule has 1 saturated heterocycles. The Hall–Kier alpha value is -2.80. The number of amides is 1. The first-order valence-corrected chi connectivity index (χ1v) is 9.66. The van der Waals surface area contributed by atoms with E-state index in [-0.39, 0.29) is 5.91 Å². The van der Waals surface area contributed by atoms with Gasteiger partial charge in [-0.1, -0.05) is 60.7 Å². The molecule has 1 heterocycles. The highest BCUT2D eigenvalue weighted by molar-refractivity contribution is 5.82. The summed E-state index contributed by atoms with van der Waals surface area (Å²) in [6.45, 7) is 1.56. The van der Waals surface area contributed by atoms with E-state index < -0.39 is 6.04 Å². The Bertz CT molecular complexity index is 761. The lowest BCUT2D eigenvalue weighted by Crippen LogP contribution is -2.49. The van der Waals surface area contributed by atoms with E-state index in [1.807, 2.05) is 41.3 Å². The number of piperidine rings is 1. The number of benzene rings is 2. The van der Waals surface area contributed by atoms with Crippen LogP contribution in [0.4, 0.5) is 0 Å². The van der Waals surface area contributed by atoms with Crippen LogP contribution in [-0.2, 0) is 17.6 Å². The number of hydrogen-bond donors (Lipinski definition) is 0. The molecule has 1 aliphatic rings. The van der Waals surface area contributed by atoms with E-state index in [0.717, 1.165) is 37.9 Å². The summed E-state index contributed by atoms with van der Waals surface area (Å²) in [5.74, 6) is 0.693. The Balaban J connectivity index is 1.59. The largest absolute Gasteiger partial charge is 0.341 e. The summed E-state index contributed by atoms with van der Waals surface area (Å²) in [5.41, 5.74) is 2.45. The zero-order valence-electron chi connectivity index (χ0n) is 15.9. The summed E-state index contributed by atoms with van der Waals surface area (Å²) in [6.07, 6.45) is 5.82. The van der Waals surface area contributed by atoms with Crippen LogP contribution in [0.1, 0.15) is 24.0 Å². The van der Waals surface area contributed by atoms with Crippen molar-refractivity contribution in [2.75, 3.05) is 20.1 Å². The van der Waals surface area contributed by atoms with Crippen molar-refractivity contribution < 1.29 is 4.79 Å². The highest BCUT2D eigenvalue weighted by Crippen LogP contribution is 2.23. The van der Waals surface area contributed by atoms with Gasteiger partial charge in [-0.2, -0.15) is 5.26 Å². The second kappa shape index (κ2) is 9.23. The van der Waals surface area contributed by atoms with Crippen LogP contribution in [-0.4, -0.2) is 41.9 Å². The number of nitriles is 1. The van der Waals surface area contributed by atoms with Gasteiger partial charge in [-0.3, -0.25) is 4.79 Å². The second-order valence-electron chi connectivity index (χ2n) is 7.37. The Morgan fingerprint density at radius 3 is 2.19 bits per heavy atom. The van der Waals surface area contributed by atoms with Crippen LogP contribution in [0.15, 0.2) is 60.7 Å². The molecule has 0 radical (unpaired) electrons. The molecule has 3 rings (SSSR count). The van der Waals surface area contributed by atoms with Crippen molar-refractivity contribution in [1.82, 2.24) is 9.80 Å². The number of rotatable bonds is 6. The minimum absolute atomic E-state index is 0.0704. The average Bonchev–Trinajstić information content (AvgIpc) is 2.73. The molecule has 0 aliphatic carbocycles. The summed E-state index contributed by atoms with van der Waals surface area (Å²) < 4.78 is 0. The normalized spacial score (nSPS) is 15.8. The van der Waals surface area contributed by atoms with Crippen molar-refractivity contribution in [2.45, 2.75) is 31.7 Å². The van der Waals surface area contributed by atoms with E-state index in [1.54, 1.807) is 7.05 Å². The van der Waals surface area contributed by atoms with Crippen LogP contribution in [0.5, 0.6) is 0 Å². The monoisotopic (exact) mass is 361 g/mol. The number of nitrogens with zero attached hydrogens (tertiary/aromatic N) is 3. The number of hydrogen-bond acceptors (Lipinski definition) is 3. The molecule has 4 nitrogen and oxygen atoms in total. The third-order valence-electron chi connectivity index (χ3n) is 5.48. The van der Waals surface area contributed by atoms with Gasteiger partial charge >= 0.3 is 0 Å². The van der Waals surface area contributed by atoms with E-state index in [2.05, 4.69) is 30.5 Å². The Kier molecular flexibility index (Phi) is 6.49. The highest BCUT2D eigenvalue weighted by Gasteiger charge is 2.30. The van der Waals surface area contributed by atoms with E-state index >= 15 is 0 Å². The fourth-order valence-corrected chi connectivity index (χ4v) is 3.81. The molecule has 0 bridgehead atoms. The smallest absolute Gasteiger partial charge is 0.246 e. The van der Waals surface area contributed by atoms with Crippen molar-refractivity contribution >= 4 is 5.91 Å². The van der Waals surface area contributed by atoms with Crippen LogP contribution >= 0.6 is 0 Å². The molecule has 140 valence electrons.